The molecule has 0 atom stereocenters. The van der Waals surface area contributed by atoms with Crippen LogP contribution in [0.25, 0.3) is 5.32 Å². The predicted octanol–water partition coefficient (Wildman–Crippen LogP) is 1.37. The van der Waals surface area contributed by atoms with Gasteiger partial charge in [-0.2, -0.15) is 0 Å². The molecule has 0 amide bonds. The first-order chi connectivity index (χ1) is 5.26. The molecule has 1 aromatic rings. The van der Waals surface area contributed by atoms with E-state index in [4.69, 9.17) is 0 Å². The summed E-state index contributed by atoms with van der Waals surface area (Å²) in [4.78, 5) is 12.2. The topological polar surface area (TPSA) is 52.8 Å². The molecule has 8 heteroatoms. The fourth-order valence-corrected chi connectivity index (χ4v) is 0.780. The maximum atomic E-state index is 4.12. The zero-order valence-electron chi connectivity index (χ0n) is 9.31. The Morgan fingerprint density at radius 1 is 1.00 bits per heavy atom. The third-order valence-electron chi connectivity index (χ3n) is 1.30. The monoisotopic (exact) mass is 507 g/mol. The summed E-state index contributed by atoms with van der Waals surface area (Å²) in [5.41, 5.74) is 0. The van der Waals surface area contributed by atoms with Crippen LogP contribution < -0.4 is 0 Å². The van der Waals surface area contributed by atoms with E-state index in [1.807, 2.05) is 13.8 Å². The van der Waals surface area contributed by atoms with Gasteiger partial charge in [-0.05, 0) is 20.4 Å². The van der Waals surface area contributed by atoms with Gasteiger partial charge in [0, 0.05) is 137 Å². The minimum absolute atomic E-state index is 0. The van der Waals surface area contributed by atoms with Crippen molar-refractivity contribution >= 4 is 5.95 Å². The van der Waals surface area contributed by atoms with Crippen LogP contribution in [0.2, 0.25) is 0 Å². The molecule has 0 spiro atoms. The van der Waals surface area contributed by atoms with Gasteiger partial charge in [0.15, 0.2) is 0 Å². The second kappa shape index (κ2) is 15.3. The average Bonchev–Trinajstić information content (AvgIpc) is 2.03. The summed E-state index contributed by atoms with van der Waals surface area (Å²) >= 11 is 0. The van der Waals surface area contributed by atoms with E-state index < -0.39 is 0 Å². The molecule has 4 radical (unpaired) electrons. The largest absolute Gasteiger partial charge is 0.397 e. The van der Waals surface area contributed by atoms with Gasteiger partial charge in [0.05, 0.1) is 11.6 Å². The maximum absolute atomic E-state index is 4.12. The van der Waals surface area contributed by atoms with Gasteiger partial charge in [-0.3, -0.25) is 4.98 Å². The first-order valence-electron chi connectivity index (χ1n) is 3.57. The molecular weight excluding hydrogens is 496 g/mol. The van der Waals surface area contributed by atoms with Crippen LogP contribution in [0.1, 0.15) is 18.6 Å². The molecule has 0 aliphatic carbocycles. The Morgan fingerprint density at radius 3 is 1.93 bits per heavy atom. The molecule has 1 rings (SSSR count). The number of aryl methyl sites for hydroxylation is 2. The van der Waals surface area contributed by atoms with E-state index in [2.05, 4.69) is 20.3 Å². The van der Waals surface area contributed by atoms with Crippen LogP contribution in [0.3, 0.4) is 0 Å². The Balaban J connectivity index is -0.000000151. The molecule has 0 N–H and O–H groups in total. The van der Waals surface area contributed by atoms with Gasteiger partial charge in [-0.15, -0.1) is 0 Å². The van der Waals surface area contributed by atoms with Gasteiger partial charge in [0.2, 0.25) is 0 Å². The summed E-state index contributed by atoms with van der Waals surface area (Å²) in [6.45, 7) is 3.85. The molecule has 0 aliphatic heterocycles. The van der Waals surface area contributed by atoms with Gasteiger partial charge >= 0.3 is 0 Å². The SMILES string of the molecule is CCc1nc(C)nc([N-]C)n1.[Y].[Y].[Y].[Y]. The van der Waals surface area contributed by atoms with Gasteiger partial charge in [-0.25, -0.2) is 0 Å². The van der Waals surface area contributed by atoms with Crippen molar-refractivity contribution in [2.75, 3.05) is 7.05 Å². The Kier molecular flexibility index (Phi) is 27.2. The summed E-state index contributed by atoms with van der Waals surface area (Å²) in [7, 11) is 1.67. The van der Waals surface area contributed by atoms with Crippen LogP contribution in [-0.4, -0.2) is 22.0 Å². The van der Waals surface area contributed by atoms with Crippen molar-refractivity contribution in [2.24, 2.45) is 0 Å². The van der Waals surface area contributed by atoms with Crippen molar-refractivity contribution in [3.8, 4) is 0 Å². The Bertz CT molecular complexity index is 236. The molecule has 1 heterocycles. The molecule has 0 fully saturated rings. The van der Waals surface area contributed by atoms with Crippen molar-refractivity contribution in [1.29, 1.82) is 0 Å². The van der Waals surface area contributed by atoms with E-state index in [-0.39, 0.29) is 131 Å². The number of hydrogen-bond donors (Lipinski definition) is 0. The summed E-state index contributed by atoms with van der Waals surface area (Å²) in [5.74, 6) is 2.06. The zero-order valence-corrected chi connectivity index (χ0v) is 20.7. The Morgan fingerprint density at radius 2 is 1.53 bits per heavy atom. The van der Waals surface area contributed by atoms with Crippen molar-refractivity contribution in [1.82, 2.24) is 15.0 Å². The first-order valence-corrected chi connectivity index (χ1v) is 3.57. The van der Waals surface area contributed by atoms with Crippen LogP contribution >= 0.6 is 0 Å². The second-order valence-corrected chi connectivity index (χ2v) is 2.18. The number of rotatable bonds is 2. The quantitative estimate of drug-likeness (QED) is 0.609. The molecule has 0 unspecified atom stereocenters. The van der Waals surface area contributed by atoms with Gasteiger partial charge < -0.3 is 15.3 Å². The average molecular weight is 507 g/mol. The molecule has 0 saturated carbocycles. The molecule has 4 nitrogen and oxygen atoms in total. The van der Waals surface area contributed by atoms with E-state index in [1.165, 1.54) is 0 Å². The fourth-order valence-electron chi connectivity index (χ4n) is 0.780. The molecule has 15 heavy (non-hydrogen) atoms. The Labute approximate surface area is 192 Å². The van der Waals surface area contributed by atoms with E-state index in [0.717, 1.165) is 18.1 Å². The smallest absolute Gasteiger partial charge is 0.0607 e. The fraction of sp³-hybridized carbons (Fsp3) is 0.571. The second-order valence-electron chi connectivity index (χ2n) is 2.18. The molecule has 72 valence electrons. The normalized spacial score (nSPS) is 7.13. The van der Waals surface area contributed by atoms with Gasteiger partial charge in [0.1, 0.15) is 0 Å². The van der Waals surface area contributed by atoms with Crippen molar-refractivity contribution < 1.29 is 131 Å². The number of hydrogen-bond acceptors (Lipinski definition) is 3. The van der Waals surface area contributed by atoms with Crippen LogP contribution in [0, 0.1) is 6.92 Å². The summed E-state index contributed by atoms with van der Waals surface area (Å²) in [6, 6.07) is 0. The number of nitrogens with zero attached hydrogens (tertiary/aromatic N) is 4. The third kappa shape index (κ3) is 10.8. The minimum atomic E-state index is 0. The number of aromatic nitrogens is 3. The van der Waals surface area contributed by atoms with Crippen molar-refractivity contribution in [3.63, 3.8) is 0 Å². The van der Waals surface area contributed by atoms with Crippen LogP contribution in [0.5, 0.6) is 0 Å². The molecule has 0 aromatic carbocycles. The summed E-state index contributed by atoms with van der Waals surface area (Å²) in [5, 5.41) is 3.88. The maximum Gasteiger partial charge on any atom is 0.0607 e. The zero-order chi connectivity index (χ0) is 8.27. The first kappa shape index (κ1) is 26.7. The molecular formula is C7H11N4Y4-. The van der Waals surface area contributed by atoms with E-state index >= 15 is 0 Å². The molecule has 0 bridgehead atoms. The molecule has 0 aliphatic rings. The summed E-state index contributed by atoms with van der Waals surface area (Å²) in [6.07, 6.45) is 0.825. The van der Waals surface area contributed by atoms with Crippen LogP contribution in [-0.2, 0) is 137 Å². The van der Waals surface area contributed by atoms with Gasteiger partial charge in [-0.1, -0.05) is 6.92 Å². The van der Waals surface area contributed by atoms with Crippen LogP contribution in [0.4, 0.5) is 5.95 Å². The summed E-state index contributed by atoms with van der Waals surface area (Å²) < 4.78 is 0. The molecule has 0 saturated heterocycles. The van der Waals surface area contributed by atoms with Crippen LogP contribution in [0.15, 0.2) is 0 Å². The van der Waals surface area contributed by atoms with Crippen molar-refractivity contribution in [2.45, 2.75) is 20.3 Å². The minimum Gasteiger partial charge on any atom is -0.397 e. The standard InChI is InChI=1S/C7H11N4.4Y/c1-4-6-9-5(2)10-7(8-3)11-6;;;;/h4H2,1-3H3;;;;/q-1;;;;. The van der Waals surface area contributed by atoms with E-state index in [9.17, 15) is 0 Å². The predicted molar refractivity (Wildman–Crippen MR) is 42.9 cm³/mol. The van der Waals surface area contributed by atoms with E-state index in [1.54, 1.807) is 7.05 Å². The van der Waals surface area contributed by atoms with Gasteiger partial charge in [0.25, 0.3) is 0 Å². The van der Waals surface area contributed by atoms with E-state index in [0.29, 0.717) is 5.95 Å². The van der Waals surface area contributed by atoms with Crippen molar-refractivity contribution in [3.05, 3.63) is 17.0 Å². The molecule has 1 aromatic heterocycles. The third-order valence-corrected chi connectivity index (χ3v) is 1.30. The Hall–Kier alpha value is 3.23.